The minimum absolute atomic E-state index is 0.0364. The Hall–Kier alpha value is -1.40. The number of rotatable bonds is 5. The molecule has 1 amide bonds. The Morgan fingerprint density at radius 3 is 2.79 bits per heavy atom. The van der Waals surface area contributed by atoms with E-state index in [0.29, 0.717) is 12.1 Å². The average Bonchev–Trinajstić information content (AvgIpc) is 2.75. The van der Waals surface area contributed by atoms with Gasteiger partial charge in [-0.3, -0.25) is 14.8 Å². The van der Waals surface area contributed by atoms with Gasteiger partial charge in [0.15, 0.2) is 0 Å². The van der Waals surface area contributed by atoms with Crippen molar-refractivity contribution in [1.29, 1.82) is 0 Å². The second-order valence-corrected chi connectivity index (χ2v) is 4.87. The van der Waals surface area contributed by atoms with Crippen LogP contribution < -0.4 is 5.32 Å². The first-order chi connectivity index (χ1) is 9.18. The van der Waals surface area contributed by atoms with Crippen molar-refractivity contribution in [3.8, 4) is 0 Å². The van der Waals surface area contributed by atoms with Crippen molar-refractivity contribution >= 4 is 5.91 Å². The Bertz CT molecular complexity index is 405. The topological polar surface area (TPSA) is 70.2 Å². The van der Waals surface area contributed by atoms with Gasteiger partial charge >= 0.3 is 0 Å². The largest absolute Gasteiger partial charge is 0.379 e. The van der Waals surface area contributed by atoms with Crippen molar-refractivity contribution in [1.82, 2.24) is 20.4 Å². The van der Waals surface area contributed by atoms with Crippen LogP contribution in [-0.4, -0.2) is 60.4 Å². The standard InChI is InChI=1S/C13H22N4O2/c1-10-12(11(2)16-15-10)13(18)14-4-3-5-17-6-8-19-9-7-17/h3-9H2,1-2H3,(H,14,18)(H,15,16). The molecule has 0 saturated carbocycles. The van der Waals surface area contributed by atoms with Crippen LogP contribution in [0.2, 0.25) is 0 Å². The van der Waals surface area contributed by atoms with E-state index in [9.17, 15) is 4.79 Å². The smallest absolute Gasteiger partial charge is 0.255 e. The Morgan fingerprint density at radius 1 is 1.42 bits per heavy atom. The molecule has 0 radical (unpaired) electrons. The third-order valence-corrected chi connectivity index (χ3v) is 3.40. The molecule has 0 unspecified atom stereocenters. The number of aromatic amines is 1. The van der Waals surface area contributed by atoms with Crippen molar-refractivity contribution in [3.63, 3.8) is 0 Å². The van der Waals surface area contributed by atoms with Gasteiger partial charge in [-0.1, -0.05) is 0 Å². The second-order valence-electron chi connectivity index (χ2n) is 4.87. The Labute approximate surface area is 113 Å². The molecule has 106 valence electrons. The number of aromatic nitrogens is 2. The summed E-state index contributed by atoms with van der Waals surface area (Å²) >= 11 is 0. The zero-order valence-corrected chi connectivity index (χ0v) is 11.7. The molecule has 1 aromatic heterocycles. The summed E-state index contributed by atoms with van der Waals surface area (Å²) in [7, 11) is 0. The molecule has 1 fully saturated rings. The van der Waals surface area contributed by atoms with Crippen LogP contribution in [0.15, 0.2) is 0 Å². The summed E-state index contributed by atoms with van der Waals surface area (Å²) < 4.78 is 5.30. The molecule has 0 aliphatic carbocycles. The number of morpholine rings is 1. The minimum Gasteiger partial charge on any atom is -0.379 e. The molecule has 0 bridgehead atoms. The van der Waals surface area contributed by atoms with Gasteiger partial charge in [-0.25, -0.2) is 0 Å². The molecule has 0 atom stereocenters. The van der Waals surface area contributed by atoms with Gasteiger partial charge in [0, 0.05) is 25.3 Å². The summed E-state index contributed by atoms with van der Waals surface area (Å²) in [6, 6.07) is 0. The van der Waals surface area contributed by atoms with Crippen molar-refractivity contribution in [2.45, 2.75) is 20.3 Å². The summed E-state index contributed by atoms with van der Waals surface area (Å²) in [5.41, 5.74) is 2.25. The van der Waals surface area contributed by atoms with Crippen molar-refractivity contribution in [2.75, 3.05) is 39.4 Å². The molecule has 2 N–H and O–H groups in total. The molecule has 1 aliphatic heterocycles. The van der Waals surface area contributed by atoms with Gasteiger partial charge in [0.25, 0.3) is 5.91 Å². The van der Waals surface area contributed by atoms with E-state index in [0.717, 1.165) is 50.7 Å². The van der Waals surface area contributed by atoms with E-state index in [4.69, 9.17) is 4.74 Å². The number of hydrogen-bond acceptors (Lipinski definition) is 4. The number of nitrogens with zero attached hydrogens (tertiary/aromatic N) is 2. The first-order valence-electron chi connectivity index (χ1n) is 6.78. The molecule has 0 aromatic carbocycles. The monoisotopic (exact) mass is 266 g/mol. The highest BCUT2D eigenvalue weighted by Gasteiger charge is 2.15. The van der Waals surface area contributed by atoms with Gasteiger partial charge in [-0.2, -0.15) is 5.10 Å². The Kier molecular flexibility index (Phi) is 4.93. The average molecular weight is 266 g/mol. The fourth-order valence-corrected chi connectivity index (χ4v) is 2.30. The summed E-state index contributed by atoms with van der Waals surface area (Å²) in [6.07, 6.45) is 0.960. The summed E-state index contributed by atoms with van der Waals surface area (Å²) in [5.74, 6) is -0.0364. The van der Waals surface area contributed by atoms with E-state index in [2.05, 4.69) is 20.4 Å². The quantitative estimate of drug-likeness (QED) is 0.761. The lowest BCUT2D eigenvalue weighted by Gasteiger charge is -2.26. The number of H-pyrrole nitrogens is 1. The normalized spacial score (nSPS) is 16.5. The van der Waals surface area contributed by atoms with Gasteiger partial charge < -0.3 is 10.1 Å². The van der Waals surface area contributed by atoms with Gasteiger partial charge in [0.05, 0.1) is 24.5 Å². The van der Waals surface area contributed by atoms with E-state index in [1.54, 1.807) is 0 Å². The van der Waals surface area contributed by atoms with E-state index in [-0.39, 0.29) is 5.91 Å². The zero-order valence-electron chi connectivity index (χ0n) is 11.7. The molecular formula is C13H22N4O2. The van der Waals surface area contributed by atoms with E-state index >= 15 is 0 Å². The van der Waals surface area contributed by atoms with Gasteiger partial charge in [-0.05, 0) is 26.8 Å². The Balaban J connectivity index is 1.69. The van der Waals surface area contributed by atoms with Crippen LogP contribution in [0.1, 0.15) is 28.2 Å². The third kappa shape index (κ3) is 3.78. The molecular weight excluding hydrogens is 244 g/mol. The highest BCUT2D eigenvalue weighted by molar-refractivity contribution is 5.96. The van der Waals surface area contributed by atoms with E-state index in [1.807, 2.05) is 13.8 Å². The van der Waals surface area contributed by atoms with Crippen LogP contribution in [0.4, 0.5) is 0 Å². The maximum absolute atomic E-state index is 12.0. The number of ether oxygens (including phenoxy) is 1. The maximum atomic E-state index is 12.0. The molecule has 0 spiro atoms. The number of aryl methyl sites for hydroxylation is 2. The molecule has 1 saturated heterocycles. The lowest BCUT2D eigenvalue weighted by Crippen LogP contribution is -2.38. The molecule has 6 heteroatoms. The van der Waals surface area contributed by atoms with Gasteiger partial charge in [0.2, 0.25) is 0 Å². The van der Waals surface area contributed by atoms with Crippen LogP contribution in [0.5, 0.6) is 0 Å². The number of carbonyl (C=O) groups excluding carboxylic acids is 1. The molecule has 2 rings (SSSR count). The predicted octanol–water partition coefficient (Wildman–Crippen LogP) is 0.479. The second kappa shape index (κ2) is 6.68. The highest BCUT2D eigenvalue weighted by atomic mass is 16.5. The van der Waals surface area contributed by atoms with E-state index in [1.165, 1.54) is 0 Å². The van der Waals surface area contributed by atoms with Crippen molar-refractivity contribution < 1.29 is 9.53 Å². The number of hydrogen-bond donors (Lipinski definition) is 2. The van der Waals surface area contributed by atoms with Crippen LogP contribution in [0.3, 0.4) is 0 Å². The highest BCUT2D eigenvalue weighted by Crippen LogP contribution is 2.08. The van der Waals surface area contributed by atoms with Crippen LogP contribution >= 0.6 is 0 Å². The van der Waals surface area contributed by atoms with Gasteiger partial charge in [-0.15, -0.1) is 0 Å². The fraction of sp³-hybridized carbons (Fsp3) is 0.692. The molecule has 1 aliphatic rings. The number of carbonyl (C=O) groups is 1. The van der Waals surface area contributed by atoms with Crippen LogP contribution in [0, 0.1) is 13.8 Å². The maximum Gasteiger partial charge on any atom is 0.255 e. The molecule has 19 heavy (non-hydrogen) atoms. The minimum atomic E-state index is -0.0364. The van der Waals surface area contributed by atoms with Crippen molar-refractivity contribution in [2.24, 2.45) is 0 Å². The molecule has 2 heterocycles. The summed E-state index contributed by atoms with van der Waals surface area (Å²) in [6.45, 7) is 9.03. The Morgan fingerprint density at radius 2 is 2.16 bits per heavy atom. The molecule has 1 aromatic rings. The lowest BCUT2D eigenvalue weighted by atomic mass is 10.2. The zero-order chi connectivity index (χ0) is 13.7. The third-order valence-electron chi connectivity index (χ3n) is 3.40. The van der Waals surface area contributed by atoms with Crippen molar-refractivity contribution in [3.05, 3.63) is 17.0 Å². The van der Waals surface area contributed by atoms with Crippen LogP contribution in [-0.2, 0) is 4.74 Å². The SMILES string of the molecule is Cc1n[nH]c(C)c1C(=O)NCCCN1CCOCC1. The summed E-state index contributed by atoms with van der Waals surface area (Å²) in [4.78, 5) is 14.4. The number of nitrogens with one attached hydrogen (secondary N) is 2. The van der Waals surface area contributed by atoms with E-state index < -0.39 is 0 Å². The predicted molar refractivity (Wildman–Crippen MR) is 72.3 cm³/mol. The van der Waals surface area contributed by atoms with Crippen LogP contribution in [0.25, 0.3) is 0 Å². The number of amides is 1. The first kappa shape index (κ1) is 14.0. The lowest BCUT2D eigenvalue weighted by molar-refractivity contribution is 0.0374. The van der Waals surface area contributed by atoms with Gasteiger partial charge in [0.1, 0.15) is 0 Å². The first-order valence-corrected chi connectivity index (χ1v) is 6.78. The molecule has 6 nitrogen and oxygen atoms in total. The fourth-order valence-electron chi connectivity index (χ4n) is 2.30. The summed E-state index contributed by atoms with van der Waals surface area (Å²) in [5, 5.41) is 9.81.